The van der Waals surface area contributed by atoms with E-state index < -0.39 is 0 Å². The highest BCUT2D eigenvalue weighted by atomic mass is 16.5. The second kappa shape index (κ2) is 4.23. The van der Waals surface area contributed by atoms with Crippen LogP contribution in [0.3, 0.4) is 0 Å². The molecule has 0 bridgehead atoms. The molecule has 1 N–H and O–H groups in total. The van der Waals surface area contributed by atoms with Gasteiger partial charge in [-0.3, -0.25) is 0 Å². The van der Waals surface area contributed by atoms with Gasteiger partial charge in [0.05, 0.1) is 12.1 Å². The summed E-state index contributed by atoms with van der Waals surface area (Å²) in [6.45, 7) is 7.33. The second-order valence-corrected chi connectivity index (χ2v) is 4.36. The molecule has 0 amide bonds. The van der Waals surface area contributed by atoms with Gasteiger partial charge in [-0.2, -0.15) is 0 Å². The molecule has 1 aromatic rings. The number of nitrogens with one attached hydrogen (secondary N) is 1. The highest BCUT2D eigenvalue weighted by Gasteiger charge is 2.24. The number of benzene rings is 1. The zero-order chi connectivity index (χ0) is 10.8. The van der Waals surface area contributed by atoms with Crippen LogP contribution in [0.5, 0.6) is 0 Å². The fraction of sp³-hybridized carbons (Fsp3) is 0.538. The second-order valence-electron chi connectivity index (χ2n) is 4.36. The molecule has 0 aromatic heterocycles. The molecule has 1 saturated heterocycles. The fourth-order valence-corrected chi connectivity index (χ4v) is 2.03. The zero-order valence-corrected chi connectivity index (χ0v) is 9.71. The van der Waals surface area contributed by atoms with Crippen LogP contribution in [0.15, 0.2) is 18.2 Å². The van der Waals surface area contributed by atoms with Crippen LogP contribution in [-0.2, 0) is 4.74 Å². The van der Waals surface area contributed by atoms with Gasteiger partial charge >= 0.3 is 0 Å². The van der Waals surface area contributed by atoms with Crippen molar-refractivity contribution in [3.63, 3.8) is 0 Å². The normalized spacial score (nSPS) is 25.5. The summed E-state index contributed by atoms with van der Waals surface area (Å²) in [6.07, 6.45) is 1.43. The van der Waals surface area contributed by atoms with E-state index >= 15 is 0 Å². The van der Waals surface area contributed by atoms with E-state index in [0.717, 1.165) is 13.0 Å². The van der Waals surface area contributed by atoms with Crippen molar-refractivity contribution in [2.24, 2.45) is 0 Å². The molecule has 0 spiro atoms. The third kappa shape index (κ3) is 2.15. The van der Waals surface area contributed by atoms with Crippen molar-refractivity contribution in [2.45, 2.75) is 39.3 Å². The minimum atomic E-state index is 0.324. The number of ether oxygens (including phenoxy) is 1. The standard InChI is InChI=1S/C13H19NO/c1-9-5-4-6-12(10(9)2)14-13-7-8-15-11(13)3/h4-6,11,13-14H,7-8H2,1-3H3/t11-,13+/m1/s1. The van der Waals surface area contributed by atoms with E-state index in [2.05, 4.69) is 44.3 Å². The molecule has 0 unspecified atom stereocenters. The van der Waals surface area contributed by atoms with Crippen molar-refractivity contribution in [1.82, 2.24) is 0 Å². The van der Waals surface area contributed by atoms with Gasteiger partial charge in [0, 0.05) is 12.3 Å². The lowest BCUT2D eigenvalue weighted by atomic mass is 10.1. The summed E-state index contributed by atoms with van der Waals surface area (Å²) in [4.78, 5) is 0. The first-order valence-electron chi connectivity index (χ1n) is 5.63. The van der Waals surface area contributed by atoms with Crippen molar-refractivity contribution in [1.29, 1.82) is 0 Å². The Kier molecular flexibility index (Phi) is 2.96. The Hall–Kier alpha value is -1.02. The lowest BCUT2D eigenvalue weighted by Crippen LogP contribution is -2.27. The van der Waals surface area contributed by atoms with Gasteiger partial charge in [0.25, 0.3) is 0 Å². The van der Waals surface area contributed by atoms with Gasteiger partial charge < -0.3 is 10.1 Å². The smallest absolute Gasteiger partial charge is 0.0748 e. The average molecular weight is 205 g/mol. The zero-order valence-electron chi connectivity index (χ0n) is 9.71. The maximum absolute atomic E-state index is 5.55. The molecular formula is C13H19NO. The minimum absolute atomic E-state index is 0.324. The molecule has 0 radical (unpaired) electrons. The molecular weight excluding hydrogens is 186 g/mol. The summed E-state index contributed by atoms with van der Waals surface area (Å²) < 4.78 is 5.55. The first kappa shape index (κ1) is 10.5. The fourth-order valence-electron chi connectivity index (χ4n) is 2.03. The lowest BCUT2D eigenvalue weighted by Gasteiger charge is -2.19. The van der Waals surface area contributed by atoms with E-state index in [9.17, 15) is 0 Å². The van der Waals surface area contributed by atoms with Crippen LogP contribution >= 0.6 is 0 Å². The molecule has 2 nitrogen and oxygen atoms in total. The third-order valence-electron chi connectivity index (χ3n) is 3.32. The summed E-state index contributed by atoms with van der Waals surface area (Å²) in [5.74, 6) is 0. The van der Waals surface area contributed by atoms with Crippen molar-refractivity contribution < 1.29 is 4.74 Å². The van der Waals surface area contributed by atoms with Crippen LogP contribution in [-0.4, -0.2) is 18.8 Å². The lowest BCUT2D eigenvalue weighted by molar-refractivity contribution is 0.121. The van der Waals surface area contributed by atoms with E-state index in [1.165, 1.54) is 16.8 Å². The van der Waals surface area contributed by atoms with Crippen molar-refractivity contribution in [3.8, 4) is 0 Å². The molecule has 2 heteroatoms. The van der Waals surface area contributed by atoms with E-state index in [1.807, 2.05) is 0 Å². The number of aryl methyl sites for hydroxylation is 1. The summed E-state index contributed by atoms with van der Waals surface area (Å²) in [5.41, 5.74) is 3.93. The summed E-state index contributed by atoms with van der Waals surface area (Å²) in [7, 11) is 0. The molecule has 1 aliphatic heterocycles. The maximum Gasteiger partial charge on any atom is 0.0748 e. The number of hydrogen-bond donors (Lipinski definition) is 1. The highest BCUT2D eigenvalue weighted by molar-refractivity contribution is 5.54. The summed E-state index contributed by atoms with van der Waals surface area (Å²) in [5, 5.41) is 3.57. The van der Waals surface area contributed by atoms with Gasteiger partial charge in [0.1, 0.15) is 0 Å². The van der Waals surface area contributed by atoms with Gasteiger partial charge in [-0.1, -0.05) is 12.1 Å². The molecule has 0 saturated carbocycles. The predicted molar refractivity (Wildman–Crippen MR) is 63.4 cm³/mol. The topological polar surface area (TPSA) is 21.3 Å². The van der Waals surface area contributed by atoms with Crippen LogP contribution < -0.4 is 5.32 Å². The Bertz CT molecular complexity index is 348. The first-order valence-corrected chi connectivity index (χ1v) is 5.63. The Morgan fingerprint density at radius 3 is 2.80 bits per heavy atom. The largest absolute Gasteiger partial charge is 0.379 e. The van der Waals surface area contributed by atoms with Gasteiger partial charge in [-0.25, -0.2) is 0 Å². The quantitative estimate of drug-likeness (QED) is 0.801. The van der Waals surface area contributed by atoms with Gasteiger partial charge in [-0.15, -0.1) is 0 Å². The maximum atomic E-state index is 5.55. The SMILES string of the molecule is Cc1cccc(N[C@H]2CCO[C@@H]2C)c1C. The molecule has 2 rings (SSSR count). The predicted octanol–water partition coefficient (Wildman–Crippen LogP) is 2.89. The van der Waals surface area contributed by atoms with Gasteiger partial charge in [0.15, 0.2) is 0 Å². The molecule has 1 fully saturated rings. The Balaban J connectivity index is 2.13. The summed E-state index contributed by atoms with van der Waals surface area (Å²) in [6, 6.07) is 6.86. The molecule has 82 valence electrons. The molecule has 1 heterocycles. The Labute approximate surface area is 91.6 Å². The van der Waals surface area contributed by atoms with Gasteiger partial charge in [0.2, 0.25) is 0 Å². The van der Waals surface area contributed by atoms with Crippen LogP contribution in [0.1, 0.15) is 24.5 Å². The van der Waals surface area contributed by atoms with E-state index in [0.29, 0.717) is 12.1 Å². The third-order valence-corrected chi connectivity index (χ3v) is 3.32. The van der Waals surface area contributed by atoms with Crippen LogP contribution in [0, 0.1) is 13.8 Å². The van der Waals surface area contributed by atoms with E-state index in [4.69, 9.17) is 4.74 Å². The Morgan fingerprint density at radius 2 is 2.13 bits per heavy atom. The number of rotatable bonds is 2. The summed E-state index contributed by atoms with van der Waals surface area (Å²) >= 11 is 0. The van der Waals surface area contributed by atoms with Crippen molar-refractivity contribution >= 4 is 5.69 Å². The average Bonchev–Trinajstić information content (AvgIpc) is 2.60. The van der Waals surface area contributed by atoms with Crippen molar-refractivity contribution in [2.75, 3.05) is 11.9 Å². The first-order chi connectivity index (χ1) is 7.18. The van der Waals surface area contributed by atoms with Gasteiger partial charge in [-0.05, 0) is 44.4 Å². The van der Waals surface area contributed by atoms with Crippen LogP contribution in [0.4, 0.5) is 5.69 Å². The van der Waals surface area contributed by atoms with Crippen LogP contribution in [0.25, 0.3) is 0 Å². The molecule has 1 aliphatic rings. The minimum Gasteiger partial charge on any atom is -0.379 e. The molecule has 2 atom stereocenters. The van der Waals surface area contributed by atoms with Crippen LogP contribution in [0.2, 0.25) is 0 Å². The van der Waals surface area contributed by atoms with E-state index in [-0.39, 0.29) is 0 Å². The molecule has 0 aliphatic carbocycles. The molecule has 15 heavy (non-hydrogen) atoms. The highest BCUT2D eigenvalue weighted by Crippen LogP contribution is 2.23. The molecule has 1 aromatic carbocycles. The number of hydrogen-bond acceptors (Lipinski definition) is 2. The van der Waals surface area contributed by atoms with E-state index in [1.54, 1.807) is 0 Å². The monoisotopic (exact) mass is 205 g/mol. The number of anilines is 1. The van der Waals surface area contributed by atoms with Crippen molar-refractivity contribution in [3.05, 3.63) is 29.3 Å². The Morgan fingerprint density at radius 1 is 1.33 bits per heavy atom.